The van der Waals surface area contributed by atoms with E-state index in [9.17, 15) is 5.26 Å². The molecule has 3 rings (SSSR count). The minimum Gasteiger partial charge on any atom is -0.493 e. The van der Waals surface area contributed by atoms with Gasteiger partial charge in [0.05, 0.1) is 34.8 Å². The second-order valence-electron chi connectivity index (χ2n) is 6.04. The van der Waals surface area contributed by atoms with Crippen molar-refractivity contribution in [2.24, 2.45) is 7.05 Å². The standard InChI is InChI=1S/C21H20BrN3O2/c1-4-9-27-20-16(22)11-14(12-19(20)26-3)10-15(13-23)21-24-17-7-5-6-8-18(17)25(21)2/h5-8,10-12H,4,9H2,1-3H3/b15-10+. The van der Waals surface area contributed by atoms with Crippen LogP contribution in [0, 0.1) is 11.3 Å². The van der Waals surface area contributed by atoms with Crippen LogP contribution in [-0.2, 0) is 7.05 Å². The van der Waals surface area contributed by atoms with Gasteiger partial charge >= 0.3 is 0 Å². The molecule has 0 aliphatic carbocycles. The first kappa shape index (κ1) is 19.0. The van der Waals surface area contributed by atoms with Gasteiger partial charge in [-0.1, -0.05) is 19.1 Å². The number of hydrogen-bond acceptors (Lipinski definition) is 4. The van der Waals surface area contributed by atoms with E-state index in [1.165, 1.54) is 0 Å². The molecule has 0 spiro atoms. The lowest BCUT2D eigenvalue weighted by Crippen LogP contribution is -1.99. The minimum absolute atomic E-state index is 0.477. The molecule has 3 aromatic rings. The van der Waals surface area contributed by atoms with E-state index in [0.717, 1.165) is 27.5 Å². The summed E-state index contributed by atoms with van der Waals surface area (Å²) in [7, 11) is 3.51. The van der Waals surface area contributed by atoms with Crippen molar-refractivity contribution < 1.29 is 9.47 Å². The molecule has 6 heteroatoms. The number of hydrogen-bond donors (Lipinski definition) is 0. The first-order valence-electron chi connectivity index (χ1n) is 8.63. The lowest BCUT2D eigenvalue weighted by Gasteiger charge is -2.13. The summed E-state index contributed by atoms with van der Waals surface area (Å²) in [6.07, 6.45) is 2.71. The Bertz CT molecular complexity index is 1050. The van der Waals surface area contributed by atoms with Crippen LogP contribution in [0.2, 0.25) is 0 Å². The van der Waals surface area contributed by atoms with Crippen LogP contribution >= 0.6 is 15.9 Å². The van der Waals surface area contributed by atoms with Crippen LogP contribution in [0.1, 0.15) is 24.7 Å². The Morgan fingerprint density at radius 3 is 2.78 bits per heavy atom. The number of ether oxygens (including phenoxy) is 2. The third-order valence-electron chi connectivity index (χ3n) is 4.16. The number of nitrogens with zero attached hydrogens (tertiary/aromatic N) is 3. The van der Waals surface area contributed by atoms with Gasteiger partial charge in [-0.3, -0.25) is 0 Å². The van der Waals surface area contributed by atoms with Crippen molar-refractivity contribution in [2.45, 2.75) is 13.3 Å². The minimum atomic E-state index is 0.477. The molecule has 0 aliphatic heterocycles. The molecule has 1 aromatic heterocycles. The monoisotopic (exact) mass is 425 g/mol. The predicted octanol–water partition coefficient (Wildman–Crippen LogP) is 5.20. The summed E-state index contributed by atoms with van der Waals surface area (Å²) in [5, 5.41) is 9.72. The van der Waals surface area contributed by atoms with Crippen LogP contribution < -0.4 is 9.47 Å². The predicted molar refractivity (Wildman–Crippen MR) is 111 cm³/mol. The number of methoxy groups -OCH3 is 1. The number of rotatable bonds is 6. The van der Waals surface area contributed by atoms with Gasteiger partial charge < -0.3 is 14.0 Å². The van der Waals surface area contributed by atoms with Gasteiger partial charge in [0.2, 0.25) is 0 Å². The second-order valence-corrected chi connectivity index (χ2v) is 6.89. The van der Waals surface area contributed by atoms with Gasteiger partial charge in [-0.15, -0.1) is 0 Å². The highest BCUT2D eigenvalue weighted by molar-refractivity contribution is 9.10. The molecule has 5 nitrogen and oxygen atoms in total. The number of para-hydroxylation sites is 2. The van der Waals surface area contributed by atoms with Crippen molar-refractivity contribution in [3.05, 3.63) is 52.3 Å². The maximum atomic E-state index is 9.72. The Morgan fingerprint density at radius 2 is 2.11 bits per heavy atom. The molecule has 0 saturated heterocycles. The Labute approximate surface area is 167 Å². The van der Waals surface area contributed by atoms with E-state index in [1.807, 2.05) is 54.9 Å². The van der Waals surface area contributed by atoms with Gasteiger partial charge in [0, 0.05) is 7.05 Å². The fourth-order valence-corrected chi connectivity index (χ4v) is 3.44. The Hall–Kier alpha value is -2.78. The molecule has 0 bridgehead atoms. The third-order valence-corrected chi connectivity index (χ3v) is 4.75. The van der Waals surface area contributed by atoms with Crippen LogP contribution in [0.3, 0.4) is 0 Å². The van der Waals surface area contributed by atoms with E-state index < -0.39 is 0 Å². The number of imidazole rings is 1. The first-order valence-corrected chi connectivity index (χ1v) is 9.42. The molecule has 138 valence electrons. The molecular formula is C21H20BrN3O2. The van der Waals surface area contributed by atoms with Crippen molar-refractivity contribution in [1.29, 1.82) is 5.26 Å². The lowest BCUT2D eigenvalue weighted by molar-refractivity contribution is 0.292. The molecule has 0 saturated carbocycles. The van der Waals surface area contributed by atoms with E-state index in [-0.39, 0.29) is 0 Å². The maximum absolute atomic E-state index is 9.72. The number of aromatic nitrogens is 2. The summed E-state index contributed by atoms with van der Waals surface area (Å²) in [6.45, 7) is 2.65. The zero-order valence-electron chi connectivity index (χ0n) is 15.5. The van der Waals surface area contributed by atoms with Crippen molar-refractivity contribution in [3.8, 4) is 17.6 Å². The Kier molecular flexibility index (Phi) is 5.82. The summed E-state index contributed by atoms with van der Waals surface area (Å²) in [6, 6.07) is 13.9. The SMILES string of the molecule is CCCOc1c(Br)cc(/C=C(\C#N)c2nc3ccccc3n2C)cc1OC. The van der Waals surface area contributed by atoms with Crippen molar-refractivity contribution in [2.75, 3.05) is 13.7 Å². The average molecular weight is 426 g/mol. The smallest absolute Gasteiger partial charge is 0.175 e. The molecule has 1 heterocycles. The number of benzene rings is 2. The Morgan fingerprint density at radius 1 is 1.33 bits per heavy atom. The Balaban J connectivity index is 2.06. The summed E-state index contributed by atoms with van der Waals surface area (Å²) >= 11 is 3.54. The summed E-state index contributed by atoms with van der Waals surface area (Å²) in [5.74, 6) is 1.91. The van der Waals surface area contributed by atoms with E-state index >= 15 is 0 Å². The first-order chi connectivity index (χ1) is 13.1. The lowest BCUT2D eigenvalue weighted by atomic mass is 10.1. The molecule has 2 aromatic carbocycles. The highest BCUT2D eigenvalue weighted by Gasteiger charge is 2.14. The molecule has 0 N–H and O–H groups in total. The van der Waals surface area contributed by atoms with Crippen molar-refractivity contribution in [3.63, 3.8) is 0 Å². The number of allylic oxidation sites excluding steroid dienone is 1. The van der Waals surface area contributed by atoms with Gasteiger partial charge in [-0.05, 0) is 58.3 Å². The van der Waals surface area contributed by atoms with Crippen LogP contribution in [0.25, 0.3) is 22.7 Å². The zero-order valence-corrected chi connectivity index (χ0v) is 17.1. The fourth-order valence-electron chi connectivity index (χ4n) is 2.87. The normalized spacial score (nSPS) is 11.4. The average Bonchev–Trinajstić information content (AvgIpc) is 3.01. The van der Waals surface area contributed by atoms with Gasteiger partial charge in [0.15, 0.2) is 17.3 Å². The van der Waals surface area contributed by atoms with Gasteiger partial charge in [-0.2, -0.15) is 5.26 Å². The molecule has 0 aliphatic rings. The van der Waals surface area contributed by atoms with E-state index in [4.69, 9.17) is 9.47 Å². The molecule has 0 atom stereocenters. The van der Waals surface area contributed by atoms with Gasteiger partial charge in [0.1, 0.15) is 6.07 Å². The molecule has 0 fully saturated rings. The maximum Gasteiger partial charge on any atom is 0.175 e. The van der Waals surface area contributed by atoms with E-state index in [1.54, 1.807) is 13.2 Å². The van der Waals surface area contributed by atoms with Crippen LogP contribution in [0.4, 0.5) is 0 Å². The molecule has 0 unspecified atom stereocenters. The molecular weight excluding hydrogens is 406 g/mol. The number of nitriles is 1. The summed E-state index contributed by atoms with van der Waals surface area (Å²) in [5.41, 5.74) is 3.14. The second kappa shape index (κ2) is 8.28. The topological polar surface area (TPSA) is 60.1 Å². The number of aryl methyl sites for hydroxylation is 1. The highest BCUT2D eigenvalue weighted by atomic mass is 79.9. The number of fused-ring (bicyclic) bond motifs is 1. The van der Waals surface area contributed by atoms with Crippen LogP contribution in [-0.4, -0.2) is 23.3 Å². The quantitative estimate of drug-likeness (QED) is 0.509. The van der Waals surface area contributed by atoms with Crippen molar-refractivity contribution in [1.82, 2.24) is 9.55 Å². The molecule has 27 heavy (non-hydrogen) atoms. The molecule has 0 amide bonds. The highest BCUT2D eigenvalue weighted by Crippen LogP contribution is 2.37. The summed E-state index contributed by atoms with van der Waals surface area (Å²) in [4.78, 5) is 4.61. The summed E-state index contributed by atoms with van der Waals surface area (Å²) < 4.78 is 13.9. The zero-order chi connectivity index (χ0) is 19.4. The number of halogens is 1. The van der Waals surface area contributed by atoms with Gasteiger partial charge in [0.25, 0.3) is 0 Å². The van der Waals surface area contributed by atoms with Crippen LogP contribution in [0.15, 0.2) is 40.9 Å². The van der Waals surface area contributed by atoms with Gasteiger partial charge in [-0.25, -0.2) is 4.98 Å². The van der Waals surface area contributed by atoms with E-state index in [2.05, 4.69) is 27.0 Å². The third kappa shape index (κ3) is 3.83. The molecule has 0 radical (unpaired) electrons. The van der Waals surface area contributed by atoms with E-state index in [0.29, 0.717) is 29.5 Å². The largest absolute Gasteiger partial charge is 0.493 e. The van der Waals surface area contributed by atoms with Crippen LogP contribution in [0.5, 0.6) is 11.5 Å². The van der Waals surface area contributed by atoms with Crippen molar-refractivity contribution >= 4 is 38.6 Å². The fraction of sp³-hybridized carbons (Fsp3) is 0.238.